The molecule has 2 rings (SSSR count). The molecule has 0 spiro atoms. The van der Waals surface area contributed by atoms with Crippen molar-refractivity contribution < 1.29 is 4.42 Å². The number of nitrogens with one attached hydrogen (secondary N) is 1. The van der Waals surface area contributed by atoms with Crippen LogP contribution in [0.4, 0.5) is 5.13 Å². The van der Waals surface area contributed by atoms with E-state index < -0.39 is 0 Å². The summed E-state index contributed by atoms with van der Waals surface area (Å²) in [5, 5.41) is 4.33. The van der Waals surface area contributed by atoms with Crippen molar-refractivity contribution in [3.8, 4) is 0 Å². The Labute approximate surface area is 110 Å². The van der Waals surface area contributed by atoms with Gasteiger partial charge in [0.2, 0.25) is 0 Å². The predicted molar refractivity (Wildman–Crippen MR) is 74.6 cm³/mol. The van der Waals surface area contributed by atoms with Crippen molar-refractivity contribution in [3.05, 3.63) is 35.2 Å². The standard InChI is InChI=1S/C12H16N2OS2/c1-2-5-13-12-14-7-11(17-12)9-16-8-10-4-3-6-15-10/h3-4,6-7H,2,5,8-9H2,1H3,(H,13,14). The lowest BCUT2D eigenvalue weighted by molar-refractivity contribution is 0.530. The minimum absolute atomic E-state index is 0.919. The van der Waals surface area contributed by atoms with Crippen LogP contribution in [-0.2, 0) is 11.5 Å². The molecule has 92 valence electrons. The number of nitrogens with zero attached hydrogens (tertiary/aromatic N) is 1. The van der Waals surface area contributed by atoms with Gasteiger partial charge in [-0.3, -0.25) is 0 Å². The molecule has 0 aliphatic carbocycles. The number of hydrogen-bond donors (Lipinski definition) is 1. The number of anilines is 1. The first-order valence-electron chi connectivity index (χ1n) is 5.67. The van der Waals surface area contributed by atoms with Gasteiger partial charge in [0, 0.05) is 23.4 Å². The second-order valence-electron chi connectivity index (χ2n) is 3.63. The Hall–Kier alpha value is -0.940. The molecule has 0 aliphatic heterocycles. The lowest BCUT2D eigenvalue weighted by Gasteiger charge is -1.97. The molecule has 0 aromatic carbocycles. The van der Waals surface area contributed by atoms with Gasteiger partial charge in [-0.1, -0.05) is 6.92 Å². The number of furan rings is 1. The maximum Gasteiger partial charge on any atom is 0.182 e. The Morgan fingerprint density at radius 2 is 2.41 bits per heavy atom. The normalized spacial score (nSPS) is 10.6. The van der Waals surface area contributed by atoms with Crippen LogP contribution in [0.1, 0.15) is 24.0 Å². The summed E-state index contributed by atoms with van der Waals surface area (Å²) in [5.41, 5.74) is 0. The smallest absolute Gasteiger partial charge is 0.182 e. The molecule has 5 heteroatoms. The average Bonchev–Trinajstić information content (AvgIpc) is 2.98. The highest BCUT2D eigenvalue weighted by Crippen LogP contribution is 2.24. The highest BCUT2D eigenvalue weighted by atomic mass is 32.2. The fourth-order valence-electron chi connectivity index (χ4n) is 1.33. The van der Waals surface area contributed by atoms with E-state index in [0.717, 1.165) is 35.4 Å². The molecule has 0 unspecified atom stereocenters. The minimum atomic E-state index is 0.919. The quantitative estimate of drug-likeness (QED) is 0.824. The monoisotopic (exact) mass is 268 g/mol. The van der Waals surface area contributed by atoms with Crippen LogP contribution in [0, 0.1) is 0 Å². The number of thiazole rings is 1. The molecule has 0 saturated heterocycles. The average molecular weight is 268 g/mol. The van der Waals surface area contributed by atoms with Crippen molar-refractivity contribution in [3.63, 3.8) is 0 Å². The van der Waals surface area contributed by atoms with E-state index in [4.69, 9.17) is 4.42 Å². The van der Waals surface area contributed by atoms with Crippen LogP contribution in [0.25, 0.3) is 0 Å². The minimum Gasteiger partial charge on any atom is -0.468 e. The Kier molecular flexibility index (Phi) is 4.94. The topological polar surface area (TPSA) is 38.1 Å². The van der Waals surface area contributed by atoms with Gasteiger partial charge in [-0.05, 0) is 18.6 Å². The predicted octanol–water partition coefficient (Wildman–Crippen LogP) is 3.99. The van der Waals surface area contributed by atoms with Crippen molar-refractivity contribution in [2.24, 2.45) is 0 Å². The van der Waals surface area contributed by atoms with Crippen LogP contribution in [0.2, 0.25) is 0 Å². The summed E-state index contributed by atoms with van der Waals surface area (Å²) in [7, 11) is 0. The third-order valence-corrected chi connectivity index (χ3v) is 4.29. The zero-order valence-electron chi connectivity index (χ0n) is 9.81. The summed E-state index contributed by atoms with van der Waals surface area (Å²) in [6, 6.07) is 3.93. The fourth-order valence-corrected chi connectivity index (χ4v) is 3.20. The molecule has 0 atom stereocenters. The highest BCUT2D eigenvalue weighted by Gasteiger charge is 2.02. The molecule has 2 aromatic heterocycles. The molecule has 3 nitrogen and oxygen atoms in total. The summed E-state index contributed by atoms with van der Waals surface area (Å²) >= 11 is 3.59. The third kappa shape index (κ3) is 4.09. The van der Waals surface area contributed by atoms with E-state index in [2.05, 4.69) is 17.2 Å². The van der Waals surface area contributed by atoms with Gasteiger partial charge >= 0.3 is 0 Å². The first-order chi connectivity index (χ1) is 8.38. The Bertz CT molecular complexity index is 425. The SMILES string of the molecule is CCCNc1ncc(CSCc2ccco2)s1. The number of aromatic nitrogens is 1. The van der Waals surface area contributed by atoms with E-state index in [1.807, 2.05) is 30.1 Å². The Morgan fingerprint density at radius 1 is 1.47 bits per heavy atom. The van der Waals surface area contributed by atoms with Gasteiger partial charge in [-0.25, -0.2) is 4.98 Å². The molecule has 0 fully saturated rings. The molecular formula is C12H16N2OS2. The van der Waals surface area contributed by atoms with Crippen LogP contribution in [-0.4, -0.2) is 11.5 Å². The first kappa shape index (κ1) is 12.5. The summed E-state index contributed by atoms with van der Waals surface area (Å²) in [6.45, 7) is 3.15. The van der Waals surface area contributed by atoms with E-state index >= 15 is 0 Å². The maximum absolute atomic E-state index is 5.28. The van der Waals surface area contributed by atoms with E-state index in [1.165, 1.54) is 4.88 Å². The van der Waals surface area contributed by atoms with E-state index in [0.29, 0.717) is 0 Å². The third-order valence-electron chi connectivity index (χ3n) is 2.15. The van der Waals surface area contributed by atoms with E-state index in [9.17, 15) is 0 Å². The van der Waals surface area contributed by atoms with Gasteiger partial charge in [0.05, 0.1) is 12.0 Å². The van der Waals surface area contributed by atoms with Crippen molar-refractivity contribution in [1.82, 2.24) is 4.98 Å². The fraction of sp³-hybridized carbons (Fsp3) is 0.417. The number of rotatable bonds is 7. The lowest BCUT2D eigenvalue weighted by Crippen LogP contribution is -1.97. The number of hydrogen-bond acceptors (Lipinski definition) is 5. The molecule has 1 N–H and O–H groups in total. The Balaban J connectivity index is 1.73. The second kappa shape index (κ2) is 6.71. The van der Waals surface area contributed by atoms with Crippen LogP contribution in [0.15, 0.2) is 29.0 Å². The van der Waals surface area contributed by atoms with Gasteiger partial charge < -0.3 is 9.73 Å². The van der Waals surface area contributed by atoms with Gasteiger partial charge in [-0.2, -0.15) is 0 Å². The van der Waals surface area contributed by atoms with Crippen LogP contribution in [0.3, 0.4) is 0 Å². The van der Waals surface area contributed by atoms with Gasteiger partial charge in [0.1, 0.15) is 5.76 Å². The Morgan fingerprint density at radius 3 is 3.18 bits per heavy atom. The van der Waals surface area contributed by atoms with Crippen LogP contribution in [0.5, 0.6) is 0 Å². The van der Waals surface area contributed by atoms with Gasteiger partial charge in [0.25, 0.3) is 0 Å². The van der Waals surface area contributed by atoms with Gasteiger partial charge in [0.15, 0.2) is 5.13 Å². The van der Waals surface area contributed by atoms with Crippen molar-refractivity contribution in [1.29, 1.82) is 0 Å². The van der Waals surface area contributed by atoms with Crippen LogP contribution < -0.4 is 5.32 Å². The zero-order chi connectivity index (χ0) is 11.9. The summed E-state index contributed by atoms with van der Waals surface area (Å²) in [4.78, 5) is 5.65. The molecule has 0 bridgehead atoms. The van der Waals surface area contributed by atoms with Crippen molar-refractivity contribution >= 4 is 28.2 Å². The van der Waals surface area contributed by atoms with E-state index in [1.54, 1.807) is 17.6 Å². The molecule has 2 heterocycles. The second-order valence-corrected chi connectivity index (χ2v) is 5.73. The summed E-state index contributed by atoms with van der Waals surface area (Å²) in [5.74, 6) is 2.94. The van der Waals surface area contributed by atoms with Gasteiger partial charge in [-0.15, -0.1) is 23.1 Å². The molecule has 17 heavy (non-hydrogen) atoms. The maximum atomic E-state index is 5.28. The van der Waals surface area contributed by atoms with Crippen molar-refractivity contribution in [2.75, 3.05) is 11.9 Å². The zero-order valence-corrected chi connectivity index (χ0v) is 11.4. The number of thioether (sulfide) groups is 1. The highest BCUT2D eigenvalue weighted by molar-refractivity contribution is 7.97. The molecule has 2 aromatic rings. The molecular weight excluding hydrogens is 252 g/mol. The molecule has 0 saturated carbocycles. The molecule has 0 amide bonds. The molecule has 0 aliphatic rings. The van der Waals surface area contributed by atoms with E-state index in [-0.39, 0.29) is 0 Å². The lowest BCUT2D eigenvalue weighted by atomic mass is 10.5. The van der Waals surface area contributed by atoms with Crippen molar-refractivity contribution in [2.45, 2.75) is 24.9 Å². The summed E-state index contributed by atoms with van der Waals surface area (Å²) in [6.07, 6.45) is 4.80. The van der Waals surface area contributed by atoms with Crippen LogP contribution >= 0.6 is 23.1 Å². The summed E-state index contributed by atoms with van der Waals surface area (Å²) < 4.78 is 5.28. The largest absolute Gasteiger partial charge is 0.468 e. The first-order valence-corrected chi connectivity index (χ1v) is 7.64. The molecule has 0 radical (unpaired) electrons.